The van der Waals surface area contributed by atoms with Gasteiger partial charge in [0.1, 0.15) is 5.82 Å². The summed E-state index contributed by atoms with van der Waals surface area (Å²) in [5, 5.41) is 4.02. The standard InChI is InChI=1S/C18H21ClFN/c1-13-8-18(20)7-6-16(13)10-15(12-21-2)9-14-4-3-5-17(19)11-14/h3-8,11,15,21H,9-10,12H2,1-2H3. The Morgan fingerprint density at radius 3 is 2.62 bits per heavy atom. The van der Waals surface area contributed by atoms with Gasteiger partial charge in [0.05, 0.1) is 0 Å². The van der Waals surface area contributed by atoms with Crippen LogP contribution >= 0.6 is 11.6 Å². The van der Waals surface area contributed by atoms with Crippen molar-refractivity contribution >= 4 is 11.6 Å². The number of nitrogens with one attached hydrogen (secondary N) is 1. The summed E-state index contributed by atoms with van der Waals surface area (Å²) >= 11 is 6.05. The Hall–Kier alpha value is -1.38. The molecule has 112 valence electrons. The predicted molar refractivity (Wildman–Crippen MR) is 87.4 cm³/mol. The van der Waals surface area contributed by atoms with Crippen LogP contribution in [0.2, 0.25) is 5.02 Å². The predicted octanol–water partition coefficient (Wildman–Crippen LogP) is 4.41. The first kappa shape index (κ1) is 16.0. The van der Waals surface area contributed by atoms with Crippen LogP contribution in [0.1, 0.15) is 16.7 Å². The molecular weight excluding hydrogens is 285 g/mol. The highest BCUT2D eigenvalue weighted by atomic mass is 35.5. The molecule has 0 aliphatic heterocycles. The molecule has 1 nitrogen and oxygen atoms in total. The van der Waals surface area contributed by atoms with E-state index >= 15 is 0 Å². The van der Waals surface area contributed by atoms with Crippen molar-refractivity contribution in [1.29, 1.82) is 0 Å². The summed E-state index contributed by atoms with van der Waals surface area (Å²) in [5.41, 5.74) is 3.46. The van der Waals surface area contributed by atoms with Crippen molar-refractivity contribution in [2.45, 2.75) is 19.8 Å². The number of hydrogen-bond acceptors (Lipinski definition) is 1. The van der Waals surface area contributed by atoms with E-state index in [1.54, 1.807) is 6.07 Å². The van der Waals surface area contributed by atoms with Gasteiger partial charge in [-0.05, 0) is 80.2 Å². The van der Waals surface area contributed by atoms with E-state index in [1.165, 1.54) is 17.2 Å². The third-order valence-electron chi connectivity index (χ3n) is 3.72. The fraction of sp³-hybridized carbons (Fsp3) is 0.333. The smallest absolute Gasteiger partial charge is 0.123 e. The molecule has 2 aromatic carbocycles. The number of halogens is 2. The first-order chi connectivity index (χ1) is 10.1. The van der Waals surface area contributed by atoms with Crippen molar-refractivity contribution in [2.24, 2.45) is 5.92 Å². The van der Waals surface area contributed by atoms with E-state index in [1.807, 2.05) is 38.2 Å². The van der Waals surface area contributed by atoms with Gasteiger partial charge in [0, 0.05) is 5.02 Å². The number of benzene rings is 2. The summed E-state index contributed by atoms with van der Waals surface area (Å²) in [6.07, 6.45) is 1.89. The Balaban J connectivity index is 2.11. The monoisotopic (exact) mass is 305 g/mol. The first-order valence-corrected chi connectivity index (χ1v) is 7.60. The minimum Gasteiger partial charge on any atom is -0.319 e. The van der Waals surface area contributed by atoms with Crippen LogP contribution in [-0.4, -0.2) is 13.6 Å². The van der Waals surface area contributed by atoms with Gasteiger partial charge in [-0.15, -0.1) is 0 Å². The minimum atomic E-state index is -0.170. The second kappa shape index (κ2) is 7.58. The van der Waals surface area contributed by atoms with Crippen LogP contribution < -0.4 is 5.32 Å². The van der Waals surface area contributed by atoms with Crippen LogP contribution in [-0.2, 0) is 12.8 Å². The molecule has 0 saturated heterocycles. The molecule has 2 aromatic rings. The fourth-order valence-corrected chi connectivity index (χ4v) is 2.91. The molecule has 0 aliphatic carbocycles. The largest absolute Gasteiger partial charge is 0.319 e. The molecule has 0 bridgehead atoms. The third kappa shape index (κ3) is 4.83. The molecule has 1 atom stereocenters. The molecule has 0 saturated carbocycles. The maximum absolute atomic E-state index is 13.2. The maximum Gasteiger partial charge on any atom is 0.123 e. The first-order valence-electron chi connectivity index (χ1n) is 7.22. The zero-order chi connectivity index (χ0) is 15.2. The lowest BCUT2D eigenvalue weighted by atomic mass is 9.90. The Bertz CT molecular complexity index is 598. The van der Waals surface area contributed by atoms with Crippen molar-refractivity contribution in [2.75, 3.05) is 13.6 Å². The van der Waals surface area contributed by atoms with Crippen LogP contribution in [0.15, 0.2) is 42.5 Å². The van der Waals surface area contributed by atoms with E-state index in [9.17, 15) is 4.39 Å². The van der Waals surface area contributed by atoms with Gasteiger partial charge < -0.3 is 5.32 Å². The quantitative estimate of drug-likeness (QED) is 0.833. The minimum absolute atomic E-state index is 0.170. The van der Waals surface area contributed by atoms with Gasteiger partial charge >= 0.3 is 0 Å². The summed E-state index contributed by atoms with van der Waals surface area (Å²) < 4.78 is 13.2. The van der Waals surface area contributed by atoms with Crippen molar-refractivity contribution in [1.82, 2.24) is 5.32 Å². The lowest BCUT2D eigenvalue weighted by Crippen LogP contribution is -2.23. The van der Waals surface area contributed by atoms with Crippen molar-refractivity contribution in [3.8, 4) is 0 Å². The van der Waals surface area contributed by atoms with E-state index in [0.717, 1.165) is 30.0 Å². The highest BCUT2D eigenvalue weighted by Gasteiger charge is 2.12. The van der Waals surface area contributed by atoms with Gasteiger partial charge in [-0.2, -0.15) is 0 Å². The molecule has 1 unspecified atom stereocenters. The molecule has 1 N–H and O–H groups in total. The van der Waals surface area contributed by atoms with Crippen LogP contribution in [0, 0.1) is 18.7 Å². The Labute approximate surface area is 131 Å². The average molecular weight is 306 g/mol. The van der Waals surface area contributed by atoms with Gasteiger partial charge in [0.15, 0.2) is 0 Å². The fourth-order valence-electron chi connectivity index (χ4n) is 2.70. The van der Waals surface area contributed by atoms with E-state index in [-0.39, 0.29) is 5.82 Å². The summed E-state index contributed by atoms with van der Waals surface area (Å²) in [6, 6.07) is 13.0. The van der Waals surface area contributed by atoms with Crippen molar-refractivity contribution in [3.05, 3.63) is 70.0 Å². The summed E-state index contributed by atoms with van der Waals surface area (Å²) in [7, 11) is 1.96. The summed E-state index contributed by atoms with van der Waals surface area (Å²) in [5.74, 6) is 0.286. The van der Waals surface area contributed by atoms with Crippen molar-refractivity contribution in [3.63, 3.8) is 0 Å². The van der Waals surface area contributed by atoms with Gasteiger partial charge in [-0.25, -0.2) is 4.39 Å². The average Bonchev–Trinajstić information content (AvgIpc) is 2.42. The zero-order valence-electron chi connectivity index (χ0n) is 12.5. The highest BCUT2D eigenvalue weighted by Crippen LogP contribution is 2.20. The molecule has 0 aliphatic rings. The van der Waals surface area contributed by atoms with Gasteiger partial charge in [0.25, 0.3) is 0 Å². The lowest BCUT2D eigenvalue weighted by molar-refractivity contribution is 0.491. The molecule has 0 aromatic heterocycles. The molecule has 21 heavy (non-hydrogen) atoms. The normalized spacial score (nSPS) is 12.4. The molecule has 0 amide bonds. The van der Waals surface area contributed by atoms with Crippen LogP contribution in [0.3, 0.4) is 0 Å². The molecule has 0 heterocycles. The van der Waals surface area contributed by atoms with E-state index in [4.69, 9.17) is 11.6 Å². The second-order valence-corrected chi connectivity index (χ2v) is 5.97. The van der Waals surface area contributed by atoms with E-state index in [0.29, 0.717) is 5.92 Å². The Kier molecular flexibility index (Phi) is 5.77. The van der Waals surface area contributed by atoms with E-state index in [2.05, 4.69) is 11.4 Å². The number of aryl methyl sites for hydroxylation is 1. The van der Waals surface area contributed by atoms with Crippen molar-refractivity contribution < 1.29 is 4.39 Å². The molecule has 0 fully saturated rings. The van der Waals surface area contributed by atoms with Crippen LogP contribution in [0.5, 0.6) is 0 Å². The SMILES string of the molecule is CNCC(Cc1cccc(Cl)c1)Cc1ccc(F)cc1C. The summed E-state index contributed by atoms with van der Waals surface area (Å²) in [4.78, 5) is 0. The maximum atomic E-state index is 13.2. The highest BCUT2D eigenvalue weighted by molar-refractivity contribution is 6.30. The molecular formula is C18H21ClFN. The summed E-state index contributed by atoms with van der Waals surface area (Å²) in [6.45, 7) is 2.89. The van der Waals surface area contributed by atoms with Gasteiger partial charge in [-0.1, -0.05) is 29.8 Å². The molecule has 0 radical (unpaired) electrons. The Morgan fingerprint density at radius 2 is 1.95 bits per heavy atom. The molecule has 2 rings (SSSR count). The van der Waals surface area contributed by atoms with E-state index < -0.39 is 0 Å². The second-order valence-electron chi connectivity index (χ2n) is 5.53. The van der Waals surface area contributed by atoms with Gasteiger partial charge in [0.2, 0.25) is 0 Å². The third-order valence-corrected chi connectivity index (χ3v) is 3.95. The zero-order valence-corrected chi connectivity index (χ0v) is 13.3. The number of rotatable bonds is 6. The van der Waals surface area contributed by atoms with Gasteiger partial charge in [-0.3, -0.25) is 0 Å². The van der Waals surface area contributed by atoms with Crippen LogP contribution in [0.25, 0.3) is 0 Å². The molecule has 3 heteroatoms. The lowest BCUT2D eigenvalue weighted by Gasteiger charge is -2.18. The van der Waals surface area contributed by atoms with Crippen LogP contribution in [0.4, 0.5) is 4.39 Å². The Morgan fingerprint density at radius 1 is 1.14 bits per heavy atom. The topological polar surface area (TPSA) is 12.0 Å². The number of hydrogen-bond donors (Lipinski definition) is 1. The molecule has 0 spiro atoms.